The number of hydrogen-bond donors (Lipinski definition) is 0. The first-order valence-corrected chi connectivity index (χ1v) is 11.3. The van der Waals surface area contributed by atoms with E-state index in [9.17, 15) is 4.79 Å². The highest BCUT2D eigenvalue weighted by Gasteiger charge is 2.23. The molecule has 0 saturated heterocycles. The van der Waals surface area contributed by atoms with Gasteiger partial charge in [0.2, 0.25) is 0 Å². The van der Waals surface area contributed by atoms with Crippen molar-refractivity contribution >= 4 is 19.9 Å². The molecular weight excluding hydrogens is 280 g/mol. The highest BCUT2D eigenvalue weighted by Crippen LogP contribution is 2.23. The Morgan fingerprint density at radius 1 is 1.43 bits per heavy atom. The fraction of sp³-hybridized carbons (Fsp3) is 0.625. The Hall–Kier alpha value is -1.20. The Balaban J connectivity index is 2.10. The summed E-state index contributed by atoms with van der Waals surface area (Å²) in [6, 6.07) is 1.13. The number of hydrogen-bond acceptors (Lipinski definition) is 3. The van der Waals surface area contributed by atoms with Crippen LogP contribution in [0, 0.1) is 12.8 Å². The second-order valence-corrected chi connectivity index (χ2v) is 12.8. The third-order valence-electron chi connectivity index (χ3n) is 3.76. The van der Waals surface area contributed by atoms with Gasteiger partial charge in [-0.25, -0.2) is 4.98 Å². The molecule has 0 aliphatic heterocycles. The molecule has 5 heteroatoms. The number of ether oxygens (including phenoxy) is 1. The summed E-state index contributed by atoms with van der Waals surface area (Å²) in [5.41, 5.74) is 1.50. The van der Waals surface area contributed by atoms with Crippen LogP contribution in [0.25, 0.3) is 6.08 Å². The Labute approximate surface area is 128 Å². The number of fused-ring (bicyclic) bond motifs is 1. The standard InChI is InChI=1S/C16H26N2O2Si/c1-12-6-7-14-16(15(19)10-12)18(13(2)17-14)11-20-8-9-21(3,4)5/h6-7,12H,8-11H2,1-5H3. The van der Waals surface area contributed by atoms with E-state index < -0.39 is 8.07 Å². The summed E-state index contributed by atoms with van der Waals surface area (Å²) in [6.45, 7) is 12.2. The van der Waals surface area contributed by atoms with Gasteiger partial charge in [0.1, 0.15) is 18.2 Å². The van der Waals surface area contributed by atoms with Crippen molar-refractivity contribution in [3.8, 4) is 0 Å². The highest BCUT2D eigenvalue weighted by molar-refractivity contribution is 6.76. The maximum Gasteiger partial charge on any atom is 0.182 e. The molecule has 0 aromatic carbocycles. The number of rotatable bonds is 5. The first-order valence-electron chi connectivity index (χ1n) is 7.64. The van der Waals surface area contributed by atoms with Gasteiger partial charge in [-0.2, -0.15) is 0 Å². The molecule has 1 aliphatic rings. The van der Waals surface area contributed by atoms with Gasteiger partial charge in [-0.15, -0.1) is 0 Å². The summed E-state index contributed by atoms with van der Waals surface area (Å²) in [5, 5.41) is 0. The van der Waals surface area contributed by atoms with Gasteiger partial charge in [0.05, 0.1) is 5.69 Å². The minimum Gasteiger partial charge on any atom is -0.361 e. The number of Topliss-reactive ketones (excluding diaryl/α,β-unsaturated/α-hetero) is 1. The summed E-state index contributed by atoms with van der Waals surface area (Å²) in [4.78, 5) is 16.9. The molecule has 0 fully saturated rings. The fourth-order valence-corrected chi connectivity index (χ4v) is 3.16. The molecule has 1 aromatic heterocycles. The van der Waals surface area contributed by atoms with Crippen LogP contribution in [0.5, 0.6) is 0 Å². The summed E-state index contributed by atoms with van der Waals surface area (Å²) in [5.74, 6) is 1.28. The Morgan fingerprint density at radius 3 is 2.81 bits per heavy atom. The van der Waals surface area contributed by atoms with Gasteiger partial charge in [0.25, 0.3) is 0 Å². The maximum absolute atomic E-state index is 12.4. The van der Waals surface area contributed by atoms with Crippen molar-refractivity contribution in [1.82, 2.24) is 9.55 Å². The van der Waals surface area contributed by atoms with Crippen molar-refractivity contribution in [2.45, 2.75) is 52.7 Å². The van der Waals surface area contributed by atoms with E-state index in [0.717, 1.165) is 24.2 Å². The second-order valence-electron chi connectivity index (χ2n) is 7.13. The van der Waals surface area contributed by atoms with Crippen molar-refractivity contribution in [3.63, 3.8) is 0 Å². The van der Waals surface area contributed by atoms with Gasteiger partial charge in [-0.05, 0) is 25.0 Å². The van der Waals surface area contributed by atoms with Gasteiger partial charge in [-0.3, -0.25) is 4.79 Å². The number of imidazole rings is 1. The third-order valence-corrected chi connectivity index (χ3v) is 5.46. The van der Waals surface area contributed by atoms with Crippen molar-refractivity contribution in [1.29, 1.82) is 0 Å². The zero-order valence-electron chi connectivity index (χ0n) is 13.8. The van der Waals surface area contributed by atoms with Crippen LogP contribution in [0.4, 0.5) is 0 Å². The van der Waals surface area contributed by atoms with Crippen LogP contribution in [-0.4, -0.2) is 30.0 Å². The predicted octanol–water partition coefficient (Wildman–Crippen LogP) is 3.74. The lowest BCUT2D eigenvalue weighted by Crippen LogP contribution is -2.22. The molecule has 1 unspecified atom stereocenters. The molecule has 1 aromatic rings. The summed E-state index contributed by atoms with van der Waals surface area (Å²) >= 11 is 0. The van der Waals surface area contributed by atoms with E-state index >= 15 is 0 Å². The summed E-state index contributed by atoms with van der Waals surface area (Å²) in [6.07, 6.45) is 4.58. The molecule has 116 valence electrons. The lowest BCUT2D eigenvalue weighted by molar-refractivity contribution is 0.0786. The zero-order chi connectivity index (χ0) is 15.6. The molecule has 0 N–H and O–H groups in total. The van der Waals surface area contributed by atoms with Crippen molar-refractivity contribution in [2.24, 2.45) is 5.92 Å². The van der Waals surface area contributed by atoms with Gasteiger partial charge in [-0.1, -0.05) is 32.6 Å². The first kappa shape index (κ1) is 16.2. The number of aryl methyl sites for hydroxylation is 1. The number of aromatic nitrogens is 2. The van der Waals surface area contributed by atoms with Crippen LogP contribution in [0.1, 0.15) is 35.4 Å². The van der Waals surface area contributed by atoms with E-state index in [1.165, 1.54) is 0 Å². The van der Waals surface area contributed by atoms with Gasteiger partial charge in [0, 0.05) is 21.1 Å². The predicted molar refractivity (Wildman–Crippen MR) is 88.2 cm³/mol. The third kappa shape index (κ3) is 4.14. The largest absolute Gasteiger partial charge is 0.361 e. The molecule has 1 atom stereocenters. The minimum absolute atomic E-state index is 0.164. The molecule has 0 radical (unpaired) electrons. The molecule has 2 rings (SSSR count). The Morgan fingerprint density at radius 2 is 2.14 bits per heavy atom. The van der Waals surface area contributed by atoms with Crippen LogP contribution in [-0.2, 0) is 11.5 Å². The van der Waals surface area contributed by atoms with Gasteiger partial charge >= 0.3 is 0 Å². The molecule has 1 aliphatic carbocycles. The van der Waals surface area contributed by atoms with E-state index in [0.29, 0.717) is 18.8 Å². The van der Waals surface area contributed by atoms with E-state index in [1.54, 1.807) is 0 Å². The van der Waals surface area contributed by atoms with Crippen molar-refractivity contribution in [2.75, 3.05) is 6.61 Å². The van der Waals surface area contributed by atoms with E-state index in [4.69, 9.17) is 4.74 Å². The molecular formula is C16H26N2O2Si. The molecule has 4 nitrogen and oxygen atoms in total. The average Bonchev–Trinajstić information content (AvgIpc) is 2.60. The Bertz CT molecular complexity index is 555. The van der Waals surface area contributed by atoms with Gasteiger partial charge in [0.15, 0.2) is 5.78 Å². The minimum atomic E-state index is -1.08. The quantitative estimate of drug-likeness (QED) is 0.615. The molecule has 1 heterocycles. The lowest BCUT2D eigenvalue weighted by Gasteiger charge is -2.16. The second kappa shape index (κ2) is 6.28. The molecule has 0 saturated carbocycles. The van der Waals surface area contributed by atoms with E-state index in [2.05, 4.69) is 37.6 Å². The molecule has 0 spiro atoms. The molecule has 0 amide bonds. The van der Waals surface area contributed by atoms with E-state index in [1.807, 2.05) is 17.6 Å². The first-order chi connectivity index (χ1) is 9.78. The van der Waals surface area contributed by atoms with Crippen LogP contribution in [0.15, 0.2) is 6.08 Å². The lowest BCUT2D eigenvalue weighted by atomic mass is 10.1. The SMILES string of the molecule is Cc1nc2c(n1COCC[Si](C)(C)C)C(=O)CC(C)C=C2. The van der Waals surface area contributed by atoms with Crippen LogP contribution in [0.3, 0.4) is 0 Å². The number of ketones is 1. The Kier molecular flexibility index (Phi) is 4.83. The number of allylic oxidation sites excluding steroid dienone is 1. The smallest absolute Gasteiger partial charge is 0.182 e. The van der Waals surface area contributed by atoms with Gasteiger partial charge < -0.3 is 9.30 Å². The summed E-state index contributed by atoms with van der Waals surface area (Å²) < 4.78 is 7.72. The van der Waals surface area contributed by atoms with Crippen LogP contribution < -0.4 is 0 Å². The number of nitrogens with zero attached hydrogens (tertiary/aromatic N) is 2. The van der Waals surface area contributed by atoms with Crippen molar-refractivity contribution < 1.29 is 9.53 Å². The number of carbonyl (C=O) groups excluding carboxylic acids is 1. The zero-order valence-corrected chi connectivity index (χ0v) is 14.8. The fourth-order valence-electron chi connectivity index (χ4n) is 2.40. The van der Waals surface area contributed by atoms with E-state index in [-0.39, 0.29) is 11.7 Å². The van der Waals surface area contributed by atoms with Crippen molar-refractivity contribution in [3.05, 3.63) is 23.3 Å². The normalized spacial score (nSPS) is 18.7. The summed E-state index contributed by atoms with van der Waals surface area (Å²) in [7, 11) is -1.08. The average molecular weight is 306 g/mol. The molecule has 21 heavy (non-hydrogen) atoms. The highest BCUT2D eigenvalue weighted by atomic mass is 28.3. The maximum atomic E-state index is 12.4. The van der Waals surface area contributed by atoms with Crippen LogP contribution >= 0.6 is 0 Å². The number of carbonyl (C=O) groups is 1. The molecule has 0 bridgehead atoms. The topological polar surface area (TPSA) is 44.1 Å². The monoisotopic (exact) mass is 306 g/mol. The van der Waals surface area contributed by atoms with Crippen LogP contribution in [0.2, 0.25) is 25.7 Å².